The van der Waals surface area contributed by atoms with Gasteiger partial charge in [-0.25, -0.2) is 4.79 Å². The molecular weight excluding hydrogens is 493 g/mol. The van der Waals surface area contributed by atoms with Crippen LogP contribution in [-0.4, -0.2) is 23.6 Å². The quantitative estimate of drug-likeness (QED) is 0.265. The van der Waals surface area contributed by atoms with Crippen LogP contribution < -0.4 is 4.90 Å². The number of nitrogens with zero attached hydrogens (tertiary/aromatic N) is 2. The number of carbonyl (C=O) groups is 2. The number of para-hydroxylation sites is 1. The predicted octanol–water partition coefficient (Wildman–Crippen LogP) is 7.11. The van der Waals surface area contributed by atoms with Crippen LogP contribution in [0.4, 0.5) is 18.9 Å². The summed E-state index contributed by atoms with van der Waals surface area (Å²) in [6.45, 7) is 9.19. The summed E-state index contributed by atoms with van der Waals surface area (Å²) in [5.74, 6) is -0.769. The molecule has 0 saturated heterocycles. The van der Waals surface area contributed by atoms with Crippen molar-refractivity contribution in [2.75, 3.05) is 12.0 Å². The van der Waals surface area contributed by atoms with Crippen molar-refractivity contribution in [2.45, 2.75) is 46.7 Å². The minimum absolute atomic E-state index is 0.0100. The summed E-state index contributed by atoms with van der Waals surface area (Å²) in [6, 6.07) is 14.6. The Morgan fingerprint density at radius 2 is 1.63 bits per heavy atom. The Balaban J connectivity index is 1.85. The molecule has 0 atom stereocenters. The molecule has 0 N–H and O–H groups in total. The van der Waals surface area contributed by atoms with Crippen LogP contribution in [0.2, 0.25) is 0 Å². The smallest absolute Gasteiger partial charge is 0.418 e. The van der Waals surface area contributed by atoms with E-state index in [1.807, 2.05) is 24.3 Å². The van der Waals surface area contributed by atoms with Gasteiger partial charge in [-0.2, -0.15) is 13.2 Å². The largest absolute Gasteiger partial charge is 0.465 e. The highest BCUT2D eigenvalue weighted by Crippen LogP contribution is 2.38. The summed E-state index contributed by atoms with van der Waals surface area (Å²) in [6.07, 6.45) is -2.99. The maximum atomic E-state index is 13.7. The molecule has 1 amide bonds. The van der Waals surface area contributed by atoms with Crippen LogP contribution >= 0.6 is 0 Å². The lowest BCUT2D eigenvalue weighted by molar-refractivity contribution is -0.137. The van der Waals surface area contributed by atoms with Gasteiger partial charge in [0.2, 0.25) is 0 Å². The number of aromatic nitrogens is 1. The minimum Gasteiger partial charge on any atom is -0.465 e. The van der Waals surface area contributed by atoms with E-state index >= 15 is 0 Å². The standard InChI is InChI=1S/C30H29F3N2O3/c1-17(2)21-11-13-23(14-12-21)35-20(5)27(29(37)38-6)24(28(35)36)16-22-15-18(3)34(19(22)4)26-10-8-7-9-25(26)30(31,32)33/h7-17H,1-6H3/b24-16-. The summed E-state index contributed by atoms with van der Waals surface area (Å²) in [5.41, 5.74) is 3.17. The van der Waals surface area contributed by atoms with Gasteiger partial charge in [0.1, 0.15) is 0 Å². The Morgan fingerprint density at radius 1 is 1.00 bits per heavy atom. The number of hydrogen-bond donors (Lipinski definition) is 0. The molecule has 3 aromatic rings. The number of aryl methyl sites for hydroxylation is 1. The topological polar surface area (TPSA) is 51.5 Å². The summed E-state index contributed by atoms with van der Waals surface area (Å²) >= 11 is 0. The lowest BCUT2D eigenvalue weighted by atomic mass is 10.0. The molecule has 8 heteroatoms. The highest BCUT2D eigenvalue weighted by molar-refractivity contribution is 6.23. The molecule has 4 rings (SSSR count). The van der Waals surface area contributed by atoms with Crippen LogP contribution in [0, 0.1) is 13.8 Å². The molecule has 1 aliphatic rings. The number of rotatable bonds is 5. The number of benzene rings is 2. The SMILES string of the molecule is COC(=O)C1=C(C)N(c2ccc(C(C)C)cc2)C(=O)/C1=C\c1cc(C)n(-c2ccccc2C(F)(F)F)c1C. The molecule has 0 bridgehead atoms. The molecule has 1 aromatic heterocycles. The van der Waals surface area contributed by atoms with Crippen molar-refractivity contribution in [3.05, 3.63) is 99.5 Å². The van der Waals surface area contributed by atoms with Crippen molar-refractivity contribution < 1.29 is 27.5 Å². The first kappa shape index (κ1) is 27.0. The number of hydrogen-bond acceptors (Lipinski definition) is 3. The molecule has 0 spiro atoms. The van der Waals surface area contributed by atoms with E-state index in [0.717, 1.165) is 11.6 Å². The van der Waals surface area contributed by atoms with E-state index in [0.29, 0.717) is 34.3 Å². The Kier molecular flexibility index (Phi) is 7.10. The van der Waals surface area contributed by atoms with Crippen molar-refractivity contribution in [1.29, 1.82) is 0 Å². The van der Waals surface area contributed by atoms with Gasteiger partial charge in [-0.3, -0.25) is 9.69 Å². The second-order valence-electron chi connectivity index (χ2n) is 9.57. The van der Waals surface area contributed by atoms with Crippen LogP contribution in [0.15, 0.2) is 71.4 Å². The van der Waals surface area contributed by atoms with E-state index in [-0.39, 0.29) is 16.8 Å². The first-order valence-electron chi connectivity index (χ1n) is 12.2. The number of ether oxygens (including phenoxy) is 1. The van der Waals surface area contributed by atoms with Crippen molar-refractivity contribution in [3.8, 4) is 5.69 Å². The van der Waals surface area contributed by atoms with E-state index in [1.165, 1.54) is 28.7 Å². The number of carbonyl (C=O) groups excluding carboxylic acids is 2. The van der Waals surface area contributed by atoms with Crippen LogP contribution in [0.3, 0.4) is 0 Å². The first-order valence-corrected chi connectivity index (χ1v) is 12.2. The summed E-state index contributed by atoms with van der Waals surface area (Å²) in [4.78, 5) is 27.9. The van der Waals surface area contributed by atoms with Gasteiger partial charge in [0.05, 0.1) is 29.5 Å². The van der Waals surface area contributed by atoms with Gasteiger partial charge >= 0.3 is 12.1 Å². The summed E-state index contributed by atoms with van der Waals surface area (Å²) in [7, 11) is 1.24. The molecule has 0 aliphatic carbocycles. The molecular formula is C30H29F3N2O3. The van der Waals surface area contributed by atoms with E-state index in [1.54, 1.807) is 39.0 Å². The molecule has 2 heterocycles. The minimum atomic E-state index is -4.54. The molecule has 0 unspecified atom stereocenters. The Hall–Kier alpha value is -4.07. The number of anilines is 1. The fourth-order valence-electron chi connectivity index (χ4n) is 4.87. The number of esters is 1. The normalized spacial score (nSPS) is 15.3. The Bertz CT molecular complexity index is 1480. The van der Waals surface area contributed by atoms with Crippen LogP contribution in [-0.2, 0) is 20.5 Å². The van der Waals surface area contributed by atoms with Gasteiger partial charge < -0.3 is 9.30 Å². The number of allylic oxidation sites excluding steroid dienone is 1. The third-order valence-electron chi connectivity index (χ3n) is 6.83. The van der Waals surface area contributed by atoms with Gasteiger partial charge in [0.25, 0.3) is 5.91 Å². The average molecular weight is 523 g/mol. The van der Waals surface area contributed by atoms with E-state index in [4.69, 9.17) is 4.74 Å². The van der Waals surface area contributed by atoms with Gasteiger partial charge in [-0.15, -0.1) is 0 Å². The zero-order valence-electron chi connectivity index (χ0n) is 22.1. The second-order valence-corrected chi connectivity index (χ2v) is 9.57. The molecule has 2 aromatic carbocycles. The van der Waals surface area contributed by atoms with Crippen molar-refractivity contribution in [2.24, 2.45) is 0 Å². The van der Waals surface area contributed by atoms with Gasteiger partial charge in [-0.1, -0.05) is 38.1 Å². The first-order chi connectivity index (χ1) is 17.9. The molecule has 1 aliphatic heterocycles. The van der Waals surface area contributed by atoms with E-state index in [9.17, 15) is 22.8 Å². The lowest BCUT2D eigenvalue weighted by Crippen LogP contribution is -2.24. The molecule has 0 radical (unpaired) electrons. The third-order valence-corrected chi connectivity index (χ3v) is 6.83. The second kappa shape index (κ2) is 10.0. The molecule has 0 saturated carbocycles. The summed E-state index contributed by atoms with van der Waals surface area (Å²) < 4.78 is 47.7. The fourth-order valence-corrected chi connectivity index (χ4v) is 4.87. The maximum absolute atomic E-state index is 13.7. The van der Waals surface area contributed by atoms with E-state index in [2.05, 4.69) is 13.8 Å². The number of alkyl halides is 3. The monoisotopic (exact) mass is 522 g/mol. The predicted molar refractivity (Wildman–Crippen MR) is 141 cm³/mol. The number of methoxy groups -OCH3 is 1. The zero-order chi connectivity index (χ0) is 27.9. The highest BCUT2D eigenvalue weighted by Gasteiger charge is 2.38. The lowest BCUT2D eigenvalue weighted by Gasteiger charge is -2.19. The Labute approximate surface area is 219 Å². The maximum Gasteiger partial charge on any atom is 0.418 e. The van der Waals surface area contributed by atoms with Crippen molar-refractivity contribution in [1.82, 2.24) is 4.57 Å². The van der Waals surface area contributed by atoms with Crippen molar-refractivity contribution in [3.63, 3.8) is 0 Å². The van der Waals surface area contributed by atoms with Crippen molar-refractivity contribution >= 4 is 23.6 Å². The van der Waals surface area contributed by atoms with Gasteiger partial charge in [0.15, 0.2) is 0 Å². The fraction of sp³-hybridized carbons (Fsp3) is 0.267. The van der Waals surface area contributed by atoms with Gasteiger partial charge in [-0.05, 0) is 74.2 Å². The molecule has 5 nitrogen and oxygen atoms in total. The molecule has 38 heavy (non-hydrogen) atoms. The summed E-state index contributed by atoms with van der Waals surface area (Å²) in [5, 5.41) is 0. The number of amides is 1. The van der Waals surface area contributed by atoms with Crippen LogP contribution in [0.5, 0.6) is 0 Å². The molecule has 0 fully saturated rings. The third kappa shape index (κ3) is 4.66. The van der Waals surface area contributed by atoms with Crippen LogP contribution in [0.1, 0.15) is 54.8 Å². The highest BCUT2D eigenvalue weighted by atomic mass is 19.4. The Morgan fingerprint density at radius 3 is 2.21 bits per heavy atom. The zero-order valence-corrected chi connectivity index (χ0v) is 22.1. The van der Waals surface area contributed by atoms with E-state index < -0.39 is 23.6 Å². The molecule has 198 valence electrons. The van der Waals surface area contributed by atoms with Gasteiger partial charge in [0, 0.05) is 22.8 Å². The average Bonchev–Trinajstić information content (AvgIpc) is 3.28. The van der Waals surface area contributed by atoms with Crippen LogP contribution in [0.25, 0.3) is 11.8 Å². The number of halogens is 3.